The van der Waals surface area contributed by atoms with Gasteiger partial charge in [0.2, 0.25) is 5.28 Å². The molecule has 122 valence electrons. The van der Waals surface area contributed by atoms with Crippen molar-refractivity contribution in [3.8, 4) is 0 Å². The van der Waals surface area contributed by atoms with Crippen molar-refractivity contribution in [2.75, 3.05) is 30.3 Å². The molecule has 1 aliphatic heterocycles. The highest BCUT2D eigenvalue weighted by atomic mass is 35.5. The number of ether oxygens (including phenoxy) is 1. The third-order valence-corrected chi connectivity index (χ3v) is 3.47. The van der Waals surface area contributed by atoms with Gasteiger partial charge in [0, 0.05) is 19.6 Å². The molecule has 1 aliphatic rings. The van der Waals surface area contributed by atoms with E-state index in [0.717, 1.165) is 19.5 Å². The van der Waals surface area contributed by atoms with Crippen molar-refractivity contribution in [1.82, 2.24) is 15.3 Å². The molecule has 2 heterocycles. The van der Waals surface area contributed by atoms with Gasteiger partial charge >= 0.3 is 6.09 Å². The summed E-state index contributed by atoms with van der Waals surface area (Å²) in [5.41, 5.74) is 5.91. The Labute approximate surface area is 135 Å². The van der Waals surface area contributed by atoms with Gasteiger partial charge in [0.1, 0.15) is 5.60 Å². The van der Waals surface area contributed by atoms with E-state index < -0.39 is 11.7 Å². The number of nitrogen functional groups attached to an aromatic ring is 1. The topological polar surface area (TPSA) is 93.4 Å². The molecule has 1 unspecified atom stereocenters. The zero-order chi connectivity index (χ0) is 16.3. The number of hydrogen-bond acceptors (Lipinski definition) is 6. The Morgan fingerprint density at radius 1 is 1.59 bits per heavy atom. The largest absolute Gasteiger partial charge is 0.444 e. The molecule has 1 saturated heterocycles. The van der Waals surface area contributed by atoms with Crippen molar-refractivity contribution in [3.05, 3.63) is 11.5 Å². The number of amides is 1. The van der Waals surface area contributed by atoms with E-state index in [0.29, 0.717) is 24.0 Å². The van der Waals surface area contributed by atoms with Gasteiger partial charge in [0.15, 0.2) is 5.82 Å². The summed E-state index contributed by atoms with van der Waals surface area (Å²) in [4.78, 5) is 21.7. The predicted octanol–water partition coefficient (Wildman–Crippen LogP) is 2.06. The van der Waals surface area contributed by atoms with Crippen molar-refractivity contribution in [3.63, 3.8) is 0 Å². The smallest absolute Gasteiger partial charge is 0.407 e. The van der Waals surface area contributed by atoms with Gasteiger partial charge in [-0.25, -0.2) is 9.78 Å². The quantitative estimate of drug-likeness (QED) is 0.825. The summed E-state index contributed by atoms with van der Waals surface area (Å²) in [6, 6.07) is 0. The van der Waals surface area contributed by atoms with Crippen LogP contribution < -0.4 is 16.0 Å². The monoisotopic (exact) mass is 327 g/mol. The van der Waals surface area contributed by atoms with Gasteiger partial charge in [-0.1, -0.05) is 0 Å². The lowest BCUT2D eigenvalue weighted by molar-refractivity contribution is 0.0520. The Bertz CT molecular complexity index is 547. The number of nitrogens with two attached hydrogens (primary N) is 1. The van der Waals surface area contributed by atoms with E-state index in [1.807, 2.05) is 20.8 Å². The first-order valence-corrected chi connectivity index (χ1v) is 7.62. The minimum absolute atomic E-state index is 0.180. The van der Waals surface area contributed by atoms with Crippen LogP contribution >= 0.6 is 11.6 Å². The van der Waals surface area contributed by atoms with Crippen LogP contribution in [-0.2, 0) is 4.74 Å². The molecule has 7 nitrogen and oxygen atoms in total. The highest BCUT2D eigenvalue weighted by Crippen LogP contribution is 2.27. The van der Waals surface area contributed by atoms with Crippen molar-refractivity contribution in [2.45, 2.75) is 32.8 Å². The average Bonchev–Trinajstić information content (AvgIpc) is 2.86. The number of halogens is 1. The Morgan fingerprint density at radius 3 is 3.00 bits per heavy atom. The second-order valence-electron chi connectivity index (χ2n) is 6.40. The van der Waals surface area contributed by atoms with E-state index in [-0.39, 0.29) is 5.28 Å². The molecule has 22 heavy (non-hydrogen) atoms. The molecule has 0 bridgehead atoms. The highest BCUT2D eigenvalue weighted by Gasteiger charge is 2.26. The maximum Gasteiger partial charge on any atom is 0.407 e. The molecule has 0 aromatic carbocycles. The fraction of sp³-hybridized carbons (Fsp3) is 0.643. The van der Waals surface area contributed by atoms with Crippen LogP contribution in [0.1, 0.15) is 27.2 Å². The molecule has 2 rings (SSSR count). The Kier molecular flexibility index (Phi) is 4.95. The van der Waals surface area contributed by atoms with Gasteiger partial charge in [-0.05, 0) is 44.7 Å². The second kappa shape index (κ2) is 6.56. The lowest BCUT2D eigenvalue weighted by Crippen LogP contribution is -2.36. The Hall–Kier alpha value is -1.76. The van der Waals surface area contributed by atoms with Crippen LogP contribution in [0.2, 0.25) is 5.28 Å². The summed E-state index contributed by atoms with van der Waals surface area (Å²) >= 11 is 5.82. The molecule has 8 heteroatoms. The van der Waals surface area contributed by atoms with Crippen LogP contribution in [0, 0.1) is 5.92 Å². The van der Waals surface area contributed by atoms with E-state index in [1.54, 1.807) is 0 Å². The van der Waals surface area contributed by atoms with E-state index in [2.05, 4.69) is 20.2 Å². The average molecular weight is 328 g/mol. The fourth-order valence-electron chi connectivity index (χ4n) is 2.35. The molecule has 0 spiro atoms. The van der Waals surface area contributed by atoms with Crippen LogP contribution in [0.15, 0.2) is 6.20 Å². The maximum absolute atomic E-state index is 11.7. The summed E-state index contributed by atoms with van der Waals surface area (Å²) in [6.45, 7) is 7.65. The van der Waals surface area contributed by atoms with Crippen molar-refractivity contribution in [1.29, 1.82) is 0 Å². The summed E-state index contributed by atoms with van der Waals surface area (Å²) in [5.74, 6) is 0.973. The van der Waals surface area contributed by atoms with Gasteiger partial charge in [0.25, 0.3) is 0 Å². The van der Waals surface area contributed by atoms with E-state index in [9.17, 15) is 4.79 Å². The predicted molar refractivity (Wildman–Crippen MR) is 86.0 cm³/mol. The fourth-order valence-corrected chi connectivity index (χ4v) is 2.48. The van der Waals surface area contributed by atoms with Gasteiger partial charge in [-0.2, -0.15) is 4.98 Å². The number of nitrogens with one attached hydrogen (secondary N) is 1. The van der Waals surface area contributed by atoms with Crippen LogP contribution in [0.5, 0.6) is 0 Å². The van der Waals surface area contributed by atoms with Crippen molar-refractivity contribution < 1.29 is 9.53 Å². The third kappa shape index (κ3) is 4.62. The molecule has 1 amide bonds. The van der Waals surface area contributed by atoms with E-state index in [1.165, 1.54) is 6.20 Å². The van der Waals surface area contributed by atoms with Gasteiger partial charge < -0.3 is 20.7 Å². The van der Waals surface area contributed by atoms with Crippen LogP contribution in [0.3, 0.4) is 0 Å². The first kappa shape index (κ1) is 16.6. The third-order valence-electron chi connectivity index (χ3n) is 3.29. The minimum Gasteiger partial charge on any atom is -0.444 e. The molecule has 1 aromatic rings. The van der Waals surface area contributed by atoms with Gasteiger partial charge in [0.05, 0.1) is 11.9 Å². The second-order valence-corrected chi connectivity index (χ2v) is 6.74. The lowest BCUT2D eigenvalue weighted by atomic mass is 10.1. The summed E-state index contributed by atoms with van der Waals surface area (Å²) in [7, 11) is 0. The van der Waals surface area contributed by atoms with E-state index >= 15 is 0 Å². The SMILES string of the molecule is CC(C)(C)OC(=O)NCC1CCN(c2nc(Cl)ncc2N)C1. The number of hydrogen-bond donors (Lipinski definition) is 2. The van der Waals surface area contributed by atoms with Crippen LogP contribution in [0.4, 0.5) is 16.3 Å². The zero-order valence-electron chi connectivity index (χ0n) is 13.1. The highest BCUT2D eigenvalue weighted by molar-refractivity contribution is 6.28. The summed E-state index contributed by atoms with van der Waals surface area (Å²) in [6.07, 6.45) is 2.06. The summed E-state index contributed by atoms with van der Waals surface area (Å²) in [5, 5.41) is 2.98. The number of rotatable bonds is 3. The first-order chi connectivity index (χ1) is 10.2. The van der Waals surface area contributed by atoms with Crippen molar-refractivity contribution in [2.24, 2.45) is 5.92 Å². The Balaban J connectivity index is 1.85. The van der Waals surface area contributed by atoms with Gasteiger partial charge in [-0.3, -0.25) is 0 Å². The number of carbonyl (C=O) groups is 1. The van der Waals surface area contributed by atoms with Crippen LogP contribution in [0.25, 0.3) is 0 Å². The molecule has 1 fully saturated rings. The van der Waals surface area contributed by atoms with Crippen LogP contribution in [-0.4, -0.2) is 41.3 Å². The molecule has 3 N–H and O–H groups in total. The minimum atomic E-state index is -0.488. The molecular formula is C14H22ClN5O2. The molecular weight excluding hydrogens is 306 g/mol. The molecule has 1 atom stereocenters. The molecule has 0 radical (unpaired) electrons. The lowest BCUT2D eigenvalue weighted by Gasteiger charge is -2.21. The molecule has 0 saturated carbocycles. The maximum atomic E-state index is 11.7. The normalized spacial score (nSPS) is 18.4. The standard InChI is InChI=1S/C14H22ClN5O2/c1-14(2,3)22-13(21)18-6-9-4-5-20(8-9)11-10(16)7-17-12(15)19-11/h7,9H,4-6,8,16H2,1-3H3,(H,18,21). The first-order valence-electron chi connectivity index (χ1n) is 7.24. The number of carbonyl (C=O) groups excluding carboxylic acids is 1. The number of anilines is 2. The molecule has 0 aliphatic carbocycles. The van der Waals surface area contributed by atoms with E-state index in [4.69, 9.17) is 22.1 Å². The summed E-state index contributed by atoms with van der Waals surface area (Å²) < 4.78 is 5.22. The van der Waals surface area contributed by atoms with Gasteiger partial charge in [-0.15, -0.1) is 0 Å². The Morgan fingerprint density at radius 2 is 2.32 bits per heavy atom. The van der Waals surface area contributed by atoms with Crippen molar-refractivity contribution >= 4 is 29.2 Å². The number of alkyl carbamates (subject to hydrolysis) is 1. The zero-order valence-corrected chi connectivity index (χ0v) is 13.9. The molecule has 1 aromatic heterocycles. The number of nitrogens with zero attached hydrogens (tertiary/aromatic N) is 3. The number of aromatic nitrogens is 2.